The summed E-state index contributed by atoms with van der Waals surface area (Å²) in [5, 5.41) is 7.17. The second kappa shape index (κ2) is 6.23. The molecule has 4 aromatic rings. The van der Waals surface area contributed by atoms with Gasteiger partial charge in [-0.3, -0.25) is 0 Å². The zero-order chi connectivity index (χ0) is 16.5. The lowest BCUT2D eigenvalue weighted by Gasteiger charge is -2.13. The predicted octanol–water partition coefficient (Wildman–Crippen LogP) is 6.06. The lowest BCUT2D eigenvalue weighted by Crippen LogP contribution is -2.00. The largest absolute Gasteiger partial charge is 0.339 e. The Morgan fingerprint density at radius 1 is 0.958 bits per heavy atom. The Hall–Kier alpha value is -2.43. The Kier molecular flexibility index (Phi) is 3.92. The Balaban J connectivity index is 1.88. The van der Waals surface area contributed by atoms with Gasteiger partial charge >= 0.3 is 0 Å². The zero-order valence-corrected chi connectivity index (χ0v) is 14.5. The quantitative estimate of drug-likeness (QED) is 0.487. The number of aromatic nitrogens is 2. The summed E-state index contributed by atoms with van der Waals surface area (Å²) in [6, 6.07) is 17.9. The van der Waals surface area contributed by atoms with E-state index in [1.54, 1.807) is 11.3 Å². The summed E-state index contributed by atoms with van der Waals surface area (Å²) in [5.41, 5.74) is 2.86. The molecule has 0 saturated carbocycles. The third kappa shape index (κ3) is 2.75. The van der Waals surface area contributed by atoms with Crippen LogP contribution in [0, 0.1) is 6.92 Å². The van der Waals surface area contributed by atoms with Crippen molar-refractivity contribution in [2.75, 3.05) is 5.32 Å². The summed E-state index contributed by atoms with van der Waals surface area (Å²) < 4.78 is 0. The van der Waals surface area contributed by atoms with Crippen molar-refractivity contribution in [2.24, 2.45) is 0 Å². The van der Waals surface area contributed by atoms with Crippen LogP contribution in [-0.2, 0) is 0 Å². The van der Waals surface area contributed by atoms with Crippen molar-refractivity contribution in [1.29, 1.82) is 0 Å². The zero-order valence-electron chi connectivity index (χ0n) is 13.0. The van der Waals surface area contributed by atoms with Crippen LogP contribution in [0.15, 0.2) is 60.0 Å². The molecule has 0 aliphatic heterocycles. The van der Waals surface area contributed by atoms with Crippen molar-refractivity contribution in [3.63, 3.8) is 0 Å². The number of para-hydroxylation sites is 1. The van der Waals surface area contributed by atoms with Gasteiger partial charge in [0.15, 0.2) is 5.82 Å². The smallest absolute Gasteiger partial charge is 0.172 e. The lowest BCUT2D eigenvalue weighted by atomic mass is 10.2. The molecule has 0 fully saturated rings. The third-order valence-electron chi connectivity index (χ3n) is 3.87. The van der Waals surface area contributed by atoms with E-state index >= 15 is 0 Å². The molecule has 0 aliphatic carbocycles. The molecular formula is C19H14ClN3S. The molecule has 0 spiro atoms. The van der Waals surface area contributed by atoms with Crippen LogP contribution in [0.3, 0.4) is 0 Å². The van der Waals surface area contributed by atoms with Crippen molar-refractivity contribution >= 4 is 45.3 Å². The maximum Gasteiger partial charge on any atom is 0.172 e. The highest BCUT2D eigenvalue weighted by molar-refractivity contribution is 7.13. The summed E-state index contributed by atoms with van der Waals surface area (Å²) in [4.78, 5) is 10.5. The molecule has 2 aromatic heterocycles. The van der Waals surface area contributed by atoms with Gasteiger partial charge in [-0.1, -0.05) is 35.9 Å². The number of halogens is 1. The second-order valence-electron chi connectivity index (χ2n) is 5.43. The first-order valence-electron chi connectivity index (χ1n) is 7.55. The number of hydrogen-bond donors (Lipinski definition) is 1. The normalized spacial score (nSPS) is 10.9. The molecule has 2 aromatic carbocycles. The first-order chi connectivity index (χ1) is 11.7. The van der Waals surface area contributed by atoms with Gasteiger partial charge in [0.1, 0.15) is 5.82 Å². The lowest BCUT2D eigenvalue weighted by molar-refractivity contribution is 1.23. The SMILES string of the molecule is Cc1c(Cl)cccc1Nc1nc(-c2cccs2)nc2ccccc12. The van der Waals surface area contributed by atoms with Gasteiger partial charge in [-0.15, -0.1) is 11.3 Å². The van der Waals surface area contributed by atoms with Gasteiger partial charge in [-0.25, -0.2) is 9.97 Å². The third-order valence-corrected chi connectivity index (χ3v) is 5.14. The molecule has 1 N–H and O–H groups in total. The van der Waals surface area contributed by atoms with Gasteiger partial charge in [-0.2, -0.15) is 0 Å². The Bertz CT molecular complexity index is 1010. The van der Waals surface area contributed by atoms with Crippen LogP contribution in [-0.4, -0.2) is 9.97 Å². The molecule has 0 aliphatic rings. The molecule has 0 saturated heterocycles. The molecule has 3 nitrogen and oxygen atoms in total. The fourth-order valence-electron chi connectivity index (χ4n) is 2.56. The Morgan fingerprint density at radius 3 is 2.67 bits per heavy atom. The standard InChI is InChI=1S/C19H14ClN3S/c1-12-14(20)7-4-9-15(12)21-18-13-6-2-3-8-16(13)22-19(23-18)17-10-5-11-24-17/h2-11H,1H3,(H,21,22,23). The summed E-state index contributed by atoms with van der Waals surface area (Å²) in [6.45, 7) is 1.99. The van der Waals surface area contributed by atoms with Gasteiger partial charge in [0.25, 0.3) is 0 Å². The molecule has 0 unspecified atom stereocenters. The van der Waals surface area contributed by atoms with E-state index in [4.69, 9.17) is 21.6 Å². The van der Waals surface area contributed by atoms with Gasteiger partial charge in [0.2, 0.25) is 0 Å². The first kappa shape index (κ1) is 15.1. The highest BCUT2D eigenvalue weighted by Gasteiger charge is 2.11. The number of anilines is 2. The maximum atomic E-state index is 6.24. The summed E-state index contributed by atoms with van der Waals surface area (Å²) >= 11 is 7.87. The predicted molar refractivity (Wildman–Crippen MR) is 102 cm³/mol. The summed E-state index contributed by atoms with van der Waals surface area (Å²) in [6.07, 6.45) is 0. The number of fused-ring (bicyclic) bond motifs is 1. The highest BCUT2D eigenvalue weighted by Crippen LogP contribution is 2.31. The van der Waals surface area contributed by atoms with Gasteiger partial charge in [-0.05, 0) is 48.2 Å². The Morgan fingerprint density at radius 2 is 1.83 bits per heavy atom. The number of rotatable bonds is 3. The summed E-state index contributed by atoms with van der Waals surface area (Å²) in [7, 11) is 0. The van der Waals surface area contributed by atoms with Crippen molar-refractivity contribution in [3.8, 4) is 10.7 Å². The van der Waals surface area contributed by atoms with Crippen molar-refractivity contribution in [2.45, 2.75) is 6.92 Å². The molecule has 0 radical (unpaired) electrons. The first-order valence-corrected chi connectivity index (χ1v) is 8.81. The van der Waals surface area contributed by atoms with E-state index in [0.717, 1.165) is 43.7 Å². The van der Waals surface area contributed by atoms with Crippen molar-refractivity contribution in [3.05, 3.63) is 70.6 Å². The van der Waals surface area contributed by atoms with E-state index < -0.39 is 0 Å². The number of hydrogen-bond acceptors (Lipinski definition) is 4. The van der Waals surface area contributed by atoms with Gasteiger partial charge in [0, 0.05) is 16.1 Å². The van der Waals surface area contributed by atoms with Crippen LogP contribution in [0.1, 0.15) is 5.56 Å². The fourth-order valence-corrected chi connectivity index (χ4v) is 3.39. The van der Waals surface area contributed by atoms with Crippen LogP contribution < -0.4 is 5.32 Å². The van der Waals surface area contributed by atoms with Crippen molar-refractivity contribution in [1.82, 2.24) is 9.97 Å². The van der Waals surface area contributed by atoms with E-state index in [1.165, 1.54) is 0 Å². The van der Waals surface area contributed by atoms with Crippen LogP contribution in [0.25, 0.3) is 21.6 Å². The molecule has 2 heterocycles. The average molecular weight is 352 g/mol. The van der Waals surface area contributed by atoms with Gasteiger partial charge in [0.05, 0.1) is 10.4 Å². The molecule has 5 heteroatoms. The maximum absolute atomic E-state index is 6.24. The number of nitrogens with zero attached hydrogens (tertiary/aromatic N) is 2. The molecule has 0 amide bonds. The summed E-state index contributed by atoms with van der Waals surface area (Å²) in [5.74, 6) is 1.51. The minimum absolute atomic E-state index is 0.728. The van der Waals surface area contributed by atoms with E-state index in [-0.39, 0.29) is 0 Å². The number of nitrogens with one attached hydrogen (secondary N) is 1. The van der Waals surface area contributed by atoms with E-state index in [0.29, 0.717) is 0 Å². The number of thiophene rings is 1. The van der Waals surface area contributed by atoms with Crippen LogP contribution >= 0.6 is 22.9 Å². The van der Waals surface area contributed by atoms with Crippen LogP contribution in [0.4, 0.5) is 11.5 Å². The van der Waals surface area contributed by atoms with E-state index in [9.17, 15) is 0 Å². The molecule has 0 atom stereocenters. The van der Waals surface area contributed by atoms with E-state index in [1.807, 2.05) is 66.9 Å². The molecule has 0 bridgehead atoms. The monoisotopic (exact) mass is 351 g/mol. The molecule has 24 heavy (non-hydrogen) atoms. The van der Waals surface area contributed by atoms with Gasteiger partial charge < -0.3 is 5.32 Å². The minimum Gasteiger partial charge on any atom is -0.339 e. The molecule has 118 valence electrons. The highest BCUT2D eigenvalue weighted by atomic mass is 35.5. The average Bonchev–Trinajstić information content (AvgIpc) is 3.13. The van der Waals surface area contributed by atoms with Crippen LogP contribution in [0.5, 0.6) is 0 Å². The minimum atomic E-state index is 0.728. The second-order valence-corrected chi connectivity index (χ2v) is 6.78. The van der Waals surface area contributed by atoms with Crippen molar-refractivity contribution < 1.29 is 0 Å². The molecular weight excluding hydrogens is 338 g/mol. The topological polar surface area (TPSA) is 37.8 Å². The van der Waals surface area contributed by atoms with Crippen LogP contribution in [0.2, 0.25) is 5.02 Å². The van der Waals surface area contributed by atoms with E-state index in [2.05, 4.69) is 5.32 Å². The molecule has 4 rings (SSSR count). The fraction of sp³-hybridized carbons (Fsp3) is 0.0526. The number of benzene rings is 2. The Labute approximate surface area is 149 Å².